The highest BCUT2D eigenvalue weighted by Crippen LogP contribution is 2.39. The van der Waals surface area contributed by atoms with Crippen LogP contribution >= 0.6 is 27.5 Å². The molecule has 17 heavy (non-hydrogen) atoms. The lowest BCUT2D eigenvalue weighted by Crippen LogP contribution is -2.08. The third kappa shape index (κ3) is 3.89. The molecule has 3 heteroatoms. The summed E-state index contributed by atoms with van der Waals surface area (Å²) in [4.78, 5) is 0. The molecule has 0 aliphatic heterocycles. The molecule has 0 saturated carbocycles. The van der Waals surface area contributed by atoms with Crippen LogP contribution in [0.5, 0.6) is 5.75 Å². The van der Waals surface area contributed by atoms with Crippen molar-refractivity contribution in [2.75, 3.05) is 6.61 Å². The second-order valence-corrected chi connectivity index (χ2v) is 5.48. The Morgan fingerprint density at radius 3 is 2.41 bits per heavy atom. The van der Waals surface area contributed by atoms with E-state index in [4.69, 9.17) is 16.3 Å². The average Bonchev–Trinajstić information content (AvgIpc) is 2.33. The van der Waals surface area contributed by atoms with Crippen molar-refractivity contribution in [1.82, 2.24) is 0 Å². The van der Waals surface area contributed by atoms with Gasteiger partial charge in [0.05, 0.1) is 12.0 Å². The third-order valence-corrected chi connectivity index (χ3v) is 4.12. The number of ether oxygens (including phenoxy) is 1. The third-order valence-electron chi connectivity index (χ3n) is 3.03. The summed E-state index contributed by atoms with van der Waals surface area (Å²) in [5, 5.41) is 0.0176. The molecule has 0 saturated heterocycles. The highest BCUT2D eigenvalue weighted by Gasteiger charge is 2.21. The number of hydrogen-bond acceptors (Lipinski definition) is 1. The fraction of sp³-hybridized carbons (Fsp3) is 0.571. The predicted molar refractivity (Wildman–Crippen MR) is 78.0 cm³/mol. The van der Waals surface area contributed by atoms with E-state index in [9.17, 15) is 0 Å². The van der Waals surface area contributed by atoms with Crippen molar-refractivity contribution < 1.29 is 4.74 Å². The summed E-state index contributed by atoms with van der Waals surface area (Å²) >= 11 is 10.1. The lowest BCUT2D eigenvalue weighted by Gasteiger charge is -2.22. The predicted octanol–water partition coefficient (Wildman–Crippen LogP) is 5.56. The summed E-state index contributed by atoms with van der Waals surface area (Å²) in [6.07, 6.45) is 2.17. The number of benzene rings is 1. The Hall–Kier alpha value is -0.210. The minimum atomic E-state index is 0.0176. The van der Waals surface area contributed by atoms with Gasteiger partial charge in [0, 0.05) is 10.0 Å². The molecule has 0 spiro atoms. The van der Waals surface area contributed by atoms with Gasteiger partial charge in [0.15, 0.2) is 0 Å². The van der Waals surface area contributed by atoms with Crippen molar-refractivity contribution in [1.29, 1.82) is 0 Å². The van der Waals surface area contributed by atoms with E-state index >= 15 is 0 Å². The van der Waals surface area contributed by atoms with Crippen LogP contribution in [0.25, 0.3) is 0 Å². The van der Waals surface area contributed by atoms with Crippen molar-refractivity contribution in [3.05, 3.63) is 28.2 Å². The lowest BCUT2D eigenvalue weighted by atomic mass is 9.93. The van der Waals surface area contributed by atoms with Gasteiger partial charge in [-0.1, -0.05) is 42.6 Å². The summed E-state index contributed by atoms with van der Waals surface area (Å²) in [5.74, 6) is 1.40. The van der Waals surface area contributed by atoms with E-state index in [-0.39, 0.29) is 5.38 Å². The van der Waals surface area contributed by atoms with Crippen LogP contribution in [-0.2, 0) is 0 Å². The Morgan fingerprint density at radius 2 is 1.88 bits per heavy atom. The second-order valence-electron chi connectivity index (χ2n) is 4.09. The first-order valence-electron chi connectivity index (χ1n) is 6.20. The molecule has 96 valence electrons. The van der Waals surface area contributed by atoms with Crippen LogP contribution in [0.15, 0.2) is 22.7 Å². The van der Waals surface area contributed by atoms with E-state index in [0.29, 0.717) is 12.5 Å². The molecule has 1 aromatic rings. The van der Waals surface area contributed by atoms with E-state index in [2.05, 4.69) is 35.8 Å². The zero-order valence-electron chi connectivity index (χ0n) is 10.7. The van der Waals surface area contributed by atoms with E-state index in [1.54, 1.807) is 0 Å². The fourth-order valence-corrected chi connectivity index (χ4v) is 2.88. The van der Waals surface area contributed by atoms with Crippen molar-refractivity contribution in [3.8, 4) is 5.75 Å². The number of rotatable bonds is 6. The molecule has 0 heterocycles. The lowest BCUT2D eigenvalue weighted by molar-refractivity contribution is 0.332. The topological polar surface area (TPSA) is 9.23 Å². The molecule has 1 rings (SSSR count). The smallest absolute Gasteiger partial charge is 0.124 e. The Kier molecular flexibility index (Phi) is 6.35. The monoisotopic (exact) mass is 318 g/mol. The largest absolute Gasteiger partial charge is 0.494 e. The molecule has 0 fully saturated rings. The van der Waals surface area contributed by atoms with Crippen LogP contribution in [0, 0.1) is 5.92 Å². The maximum atomic E-state index is 6.58. The zero-order valence-corrected chi connectivity index (χ0v) is 13.0. The standard InChI is InChI=1S/C14H20BrClO/c1-4-10(5-2)14(16)12-9-11(15)7-8-13(12)17-6-3/h7-10,14H,4-6H2,1-3H3. The second kappa shape index (κ2) is 7.27. The molecule has 0 aliphatic carbocycles. The van der Waals surface area contributed by atoms with Gasteiger partial charge in [-0.15, -0.1) is 11.6 Å². The molecule has 0 N–H and O–H groups in total. The zero-order chi connectivity index (χ0) is 12.8. The average molecular weight is 320 g/mol. The van der Waals surface area contributed by atoms with Gasteiger partial charge >= 0.3 is 0 Å². The van der Waals surface area contributed by atoms with Gasteiger partial charge in [-0.05, 0) is 31.0 Å². The van der Waals surface area contributed by atoms with Crippen LogP contribution in [0.1, 0.15) is 44.6 Å². The summed E-state index contributed by atoms with van der Waals surface area (Å²) in [7, 11) is 0. The van der Waals surface area contributed by atoms with Crippen LogP contribution in [-0.4, -0.2) is 6.61 Å². The highest BCUT2D eigenvalue weighted by atomic mass is 79.9. The minimum absolute atomic E-state index is 0.0176. The molecule has 1 nitrogen and oxygen atoms in total. The normalized spacial score (nSPS) is 12.8. The molecule has 1 aromatic carbocycles. The van der Waals surface area contributed by atoms with Crippen LogP contribution in [0.4, 0.5) is 0 Å². The Labute approximate surface area is 118 Å². The molecule has 0 bridgehead atoms. The molecule has 0 aliphatic rings. The summed E-state index contributed by atoms with van der Waals surface area (Å²) in [6, 6.07) is 6.05. The minimum Gasteiger partial charge on any atom is -0.494 e. The van der Waals surface area contributed by atoms with Crippen molar-refractivity contribution >= 4 is 27.5 Å². The summed E-state index contributed by atoms with van der Waals surface area (Å²) in [5.41, 5.74) is 1.09. The van der Waals surface area contributed by atoms with Gasteiger partial charge in [0.25, 0.3) is 0 Å². The van der Waals surface area contributed by atoms with Crippen LogP contribution < -0.4 is 4.74 Å². The van der Waals surface area contributed by atoms with Gasteiger partial charge in [-0.25, -0.2) is 0 Å². The van der Waals surface area contributed by atoms with Crippen LogP contribution in [0.2, 0.25) is 0 Å². The van der Waals surface area contributed by atoms with E-state index < -0.39 is 0 Å². The molecule has 0 amide bonds. The quantitative estimate of drug-likeness (QED) is 0.623. The molecular weight excluding hydrogens is 300 g/mol. The van der Waals surface area contributed by atoms with Gasteiger partial charge in [0.1, 0.15) is 5.75 Å². The maximum Gasteiger partial charge on any atom is 0.124 e. The Morgan fingerprint density at radius 1 is 1.24 bits per heavy atom. The van der Waals surface area contributed by atoms with Gasteiger partial charge in [-0.3, -0.25) is 0 Å². The first-order valence-corrected chi connectivity index (χ1v) is 7.43. The van der Waals surface area contributed by atoms with E-state index in [1.165, 1.54) is 0 Å². The van der Waals surface area contributed by atoms with E-state index in [1.807, 2.05) is 19.1 Å². The van der Waals surface area contributed by atoms with Crippen molar-refractivity contribution in [2.24, 2.45) is 5.92 Å². The van der Waals surface area contributed by atoms with Gasteiger partial charge < -0.3 is 4.74 Å². The van der Waals surface area contributed by atoms with Gasteiger partial charge in [-0.2, -0.15) is 0 Å². The van der Waals surface area contributed by atoms with Crippen molar-refractivity contribution in [2.45, 2.75) is 39.0 Å². The Balaban J connectivity index is 3.04. The Bertz CT molecular complexity index is 350. The number of alkyl halides is 1. The number of hydrogen-bond donors (Lipinski definition) is 0. The molecular formula is C14H20BrClO. The highest BCUT2D eigenvalue weighted by molar-refractivity contribution is 9.10. The SMILES string of the molecule is CCOc1ccc(Br)cc1C(Cl)C(CC)CC. The van der Waals surface area contributed by atoms with Crippen molar-refractivity contribution in [3.63, 3.8) is 0 Å². The van der Waals surface area contributed by atoms with Crippen LogP contribution in [0.3, 0.4) is 0 Å². The summed E-state index contributed by atoms with van der Waals surface area (Å²) in [6.45, 7) is 7.02. The fourth-order valence-electron chi connectivity index (χ4n) is 1.98. The molecule has 1 unspecified atom stereocenters. The molecule has 1 atom stereocenters. The van der Waals surface area contributed by atoms with Gasteiger partial charge in [0.2, 0.25) is 0 Å². The molecule has 0 aromatic heterocycles. The first-order chi connectivity index (χ1) is 8.13. The summed E-state index contributed by atoms with van der Waals surface area (Å²) < 4.78 is 6.70. The van der Waals surface area contributed by atoms with E-state index in [0.717, 1.165) is 28.6 Å². The number of halogens is 2. The molecule has 0 radical (unpaired) electrons. The first kappa shape index (κ1) is 14.8. The maximum absolute atomic E-state index is 6.58.